The molecule has 0 saturated heterocycles. The molecule has 0 bridgehead atoms. The van der Waals surface area contributed by atoms with Gasteiger partial charge in [0.25, 0.3) is 5.82 Å². The van der Waals surface area contributed by atoms with Gasteiger partial charge in [-0.3, -0.25) is 0 Å². The van der Waals surface area contributed by atoms with Gasteiger partial charge in [-0.05, 0) is 48.9 Å². The van der Waals surface area contributed by atoms with Gasteiger partial charge in [0.2, 0.25) is 0 Å². The fourth-order valence-corrected chi connectivity index (χ4v) is 4.03. The normalized spacial score (nSPS) is 14.0. The number of hydrogen-bond donors (Lipinski definition) is 0. The topological polar surface area (TPSA) is 8.81 Å². The molecule has 0 N–H and O–H groups in total. The summed E-state index contributed by atoms with van der Waals surface area (Å²) < 4.78 is 4.91. The van der Waals surface area contributed by atoms with Crippen LogP contribution >= 0.6 is 0 Å². The van der Waals surface area contributed by atoms with Crippen molar-refractivity contribution in [2.24, 2.45) is 7.05 Å². The maximum Gasteiger partial charge on any atom is 0.289 e. The van der Waals surface area contributed by atoms with Crippen LogP contribution in [0.15, 0.2) is 36.4 Å². The number of rotatable bonds is 2. The zero-order valence-electron chi connectivity index (χ0n) is 14.6. The first kappa shape index (κ1) is 14.5. The summed E-state index contributed by atoms with van der Waals surface area (Å²) in [4.78, 5) is 0. The number of hydrogen-bond acceptors (Lipinski definition) is 0. The van der Waals surface area contributed by atoms with Crippen LogP contribution in [-0.4, -0.2) is 4.57 Å². The van der Waals surface area contributed by atoms with Gasteiger partial charge in [0.1, 0.15) is 0 Å². The molecule has 0 atom stereocenters. The standard InChI is InChI=1S/C21H25N2/c1-14(2)17-10-11-18(15(3)13-17)21-22(4)19-9-5-7-16-8-6-12-23(21)20(16)19/h5,7,9-11,13-14H,6,8,12H2,1-4H3/q+1. The van der Waals surface area contributed by atoms with E-state index in [0.29, 0.717) is 5.92 Å². The lowest BCUT2D eigenvalue weighted by Crippen LogP contribution is -2.39. The summed E-state index contributed by atoms with van der Waals surface area (Å²) in [5, 5.41) is 0. The highest BCUT2D eigenvalue weighted by molar-refractivity contribution is 5.80. The Morgan fingerprint density at radius 1 is 1.13 bits per heavy atom. The van der Waals surface area contributed by atoms with Crippen LogP contribution in [0.4, 0.5) is 0 Å². The minimum Gasteiger partial charge on any atom is -0.226 e. The summed E-state index contributed by atoms with van der Waals surface area (Å²) in [5.41, 5.74) is 8.43. The van der Waals surface area contributed by atoms with Gasteiger partial charge in [0.15, 0.2) is 11.0 Å². The molecule has 2 heteroatoms. The van der Waals surface area contributed by atoms with Crippen molar-refractivity contribution in [3.63, 3.8) is 0 Å². The molecule has 0 amide bonds. The monoisotopic (exact) mass is 305 g/mol. The molecule has 4 rings (SSSR count). The largest absolute Gasteiger partial charge is 0.289 e. The predicted molar refractivity (Wildman–Crippen MR) is 95.7 cm³/mol. The van der Waals surface area contributed by atoms with Crippen molar-refractivity contribution < 1.29 is 4.57 Å². The van der Waals surface area contributed by atoms with E-state index < -0.39 is 0 Å². The van der Waals surface area contributed by atoms with Gasteiger partial charge in [-0.2, -0.15) is 0 Å². The number of aryl methyl sites for hydroxylation is 4. The van der Waals surface area contributed by atoms with E-state index in [0.717, 1.165) is 6.54 Å². The van der Waals surface area contributed by atoms with E-state index in [1.807, 2.05) is 0 Å². The summed E-state index contributed by atoms with van der Waals surface area (Å²) >= 11 is 0. The highest BCUT2D eigenvalue weighted by atomic mass is 15.2. The SMILES string of the molecule is Cc1cc(C(C)C)ccc1-c1n(C)c2cccc3c2[n+]1CCC3. The van der Waals surface area contributed by atoms with Crippen LogP contribution in [0, 0.1) is 6.92 Å². The first-order valence-electron chi connectivity index (χ1n) is 8.69. The van der Waals surface area contributed by atoms with Gasteiger partial charge in [-0.1, -0.05) is 38.1 Å². The lowest BCUT2D eigenvalue weighted by molar-refractivity contribution is -0.664. The third kappa shape index (κ3) is 2.12. The quantitative estimate of drug-likeness (QED) is 0.616. The second-order valence-corrected chi connectivity index (χ2v) is 7.15. The number of aromatic nitrogens is 2. The molecule has 118 valence electrons. The van der Waals surface area contributed by atoms with Crippen LogP contribution in [0.1, 0.15) is 42.9 Å². The lowest BCUT2D eigenvalue weighted by Gasteiger charge is -2.13. The molecule has 0 fully saturated rings. The van der Waals surface area contributed by atoms with E-state index in [2.05, 4.69) is 73.4 Å². The number of imidazole rings is 1. The Bertz CT molecular complexity index is 900. The third-order valence-corrected chi connectivity index (χ3v) is 5.29. The van der Waals surface area contributed by atoms with E-state index in [1.165, 1.54) is 52.0 Å². The van der Waals surface area contributed by atoms with Crippen LogP contribution < -0.4 is 4.57 Å². The number of para-hydroxylation sites is 1. The molecule has 1 aliphatic rings. The average molecular weight is 305 g/mol. The molecule has 2 heterocycles. The lowest BCUT2D eigenvalue weighted by atomic mass is 9.97. The van der Waals surface area contributed by atoms with Gasteiger partial charge in [0.05, 0.1) is 19.2 Å². The molecule has 0 saturated carbocycles. The minimum atomic E-state index is 0.577. The molecule has 1 aliphatic heterocycles. The Hall–Kier alpha value is -2.09. The second kappa shape index (κ2) is 5.23. The van der Waals surface area contributed by atoms with Crippen molar-refractivity contribution >= 4 is 11.0 Å². The Morgan fingerprint density at radius 3 is 2.70 bits per heavy atom. The molecular weight excluding hydrogens is 280 g/mol. The van der Waals surface area contributed by atoms with Gasteiger partial charge in [-0.15, -0.1) is 0 Å². The van der Waals surface area contributed by atoms with Crippen molar-refractivity contribution in [3.05, 3.63) is 53.1 Å². The molecule has 0 spiro atoms. The first-order valence-corrected chi connectivity index (χ1v) is 8.69. The molecule has 0 unspecified atom stereocenters. The van der Waals surface area contributed by atoms with Crippen molar-refractivity contribution in [1.29, 1.82) is 0 Å². The zero-order valence-corrected chi connectivity index (χ0v) is 14.6. The minimum absolute atomic E-state index is 0.577. The number of nitrogens with zero attached hydrogens (tertiary/aromatic N) is 2. The van der Waals surface area contributed by atoms with Crippen molar-refractivity contribution in [2.45, 2.75) is 46.1 Å². The molecule has 2 nitrogen and oxygen atoms in total. The Labute approximate surface area is 138 Å². The van der Waals surface area contributed by atoms with Crippen LogP contribution in [0.3, 0.4) is 0 Å². The smallest absolute Gasteiger partial charge is 0.226 e. The molecular formula is C21H25N2+. The zero-order chi connectivity index (χ0) is 16.1. The number of benzene rings is 2. The summed E-state index contributed by atoms with van der Waals surface area (Å²) in [6.07, 6.45) is 2.43. The molecule has 0 radical (unpaired) electrons. The highest BCUT2D eigenvalue weighted by Gasteiger charge is 2.29. The molecule has 1 aromatic heterocycles. The van der Waals surface area contributed by atoms with E-state index >= 15 is 0 Å². The van der Waals surface area contributed by atoms with Crippen molar-refractivity contribution in [2.75, 3.05) is 0 Å². The Kier molecular flexibility index (Phi) is 3.29. The van der Waals surface area contributed by atoms with Gasteiger partial charge < -0.3 is 0 Å². The van der Waals surface area contributed by atoms with Crippen LogP contribution in [0.25, 0.3) is 22.4 Å². The van der Waals surface area contributed by atoms with Crippen LogP contribution in [0.2, 0.25) is 0 Å². The molecule has 2 aromatic carbocycles. The predicted octanol–water partition coefficient (Wildman–Crippen LogP) is 4.51. The van der Waals surface area contributed by atoms with Gasteiger partial charge in [-0.25, -0.2) is 9.13 Å². The summed E-state index contributed by atoms with van der Waals surface area (Å²) in [6, 6.07) is 13.7. The van der Waals surface area contributed by atoms with Crippen LogP contribution in [-0.2, 0) is 20.0 Å². The van der Waals surface area contributed by atoms with E-state index in [9.17, 15) is 0 Å². The highest BCUT2D eigenvalue weighted by Crippen LogP contribution is 2.30. The second-order valence-electron chi connectivity index (χ2n) is 7.15. The Morgan fingerprint density at radius 2 is 1.96 bits per heavy atom. The first-order chi connectivity index (χ1) is 11.1. The molecule has 23 heavy (non-hydrogen) atoms. The average Bonchev–Trinajstić information content (AvgIpc) is 2.83. The summed E-state index contributed by atoms with van der Waals surface area (Å²) in [7, 11) is 2.21. The van der Waals surface area contributed by atoms with Gasteiger partial charge >= 0.3 is 0 Å². The molecule has 3 aromatic rings. The summed E-state index contributed by atoms with van der Waals surface area (Å²) in [5.74, 6) is 1.92. The van der Waals surface area contributed by atoms with Gasteiger partial charge in [0, 0.05) is 5.56 Å². The van der Waals surface area contributed by atoms with Crippen molar-refractivity contribution in [3.8, 4) is 11.4 Å². The Balaban J connectivity index is 2.00. The van der Waals surface area contributed by atoms with E-state index in [1.54, 1.807) is 0 Å². The fraction of sp³-hybridized carbons (Fsp3) is 0.381. The maximum absolute atomic E-state index is 2.53. The fourth-order valence-electron chi connectivity index (χ4n) is 4.03. The van der Waals surface area contributed by atoms with E-state index in [4.69, 9.17) is 0 Å². The maximum atomic E-state index is 2.53. The summed E-state index contributed by atoms with van der Waals surface area (Å²) in [6.45, 7) is 7.89. The molecule has 0 aliphatic carbocycles. The van der Waals surface area contributed by atoms with E-state index in [-0.39, 0.29) is 0 Å². The third-order valence-electron chi connectivity index (χ3n) is 5.29. The van der Waals surface area contributed by atoms with Crippen molar-refractivity contribution in [1.82, 2.24) is 4.57 Å². The van der Waals surface area contributed by atoms with Crippen LogP contribution in [0.5, 0.6) is 0 Å².